The number of rotatable bonds is 1. The number of aliphatic hydroxyl groups is 2. The minimum absolute atomic E-state index is 0.141. The van der Waals surface area contributed by atoms with Crippen LogP contribution in [0, 0.1) is 17.8 Å². The van der Waals surface area contributed by atoms with Gasteiger partial charge in [0.25, 0.3) is 0 Å². The smallest absolute Gasteiger partial charge is 0.161 e. The molecule has 6 atom stereocenters. The van der Waals surface area contributed by atoms with E-state index in [0.29, 0.717) is 12.5 Å². The van der Waals surface area contributed by atoms with Gasteiger partial charge in [0, 0.05) is 5.92 Å². The normalized spacial score (nSPS) is 49.5. The second-order valence-corrected chi connectivity index (χ2v) is 5.41. The maximum absolute atomic E-state index is 10.2. The molecular formula is C13H20O4. The van der Waals surface area contributed by atoms with E-state index in [4.69, 9.17) is 9.47 Å². The quantitative estimate of drug-likeness (QED) is 0.662. The maximum Gasteiger partial charge on any atom is 0.161 e. The molecule has 96 valence electrons. The zero-order chi connectivity index (χ0) is 12.0. The third-order valence-electron chi connectivity index (χ3n) is 4.59. The molecule has 1 aliphatic carbocycles. The van der Waals surface area contributed by atoms with Crippen molar-refractivity contribution in [2.24, 2.45) is 17.8 Å². The van der Waals surface area contributed by atoms with Crippen LogP contribution in [0.1, 0.15) is 19.8 Å². The van der Waals surface area contributed by atoms with E-state index in [1.54, 1.807) is 0 Å². The lowest BCUT2D eigenvalue weighted by molar-refractivity contribution is -0.298. The average Bonchev–Trinajstić information content (AvgIpc) is 2.36. The highest BCUT2D eigenvalue weighted by molar-refractivity contribution is 5.15. The molecule has 0 aromatic rings. The van der Waals surface area contributed by atoms with Gasteiger partial charge in [0.05, 0.1) is 19.3 Å². The van der Waals surface area contributed by atoms with Gasteiger partial charge in [-0.3, -0.25) is 0 Å². The molecule has 0 radical (unpaired) electrons. The van der Waals surface area contributed by atoms with Crippen molar-refractivity contribution in [3.63, 3.8) is 0 Å². The highest BCUT2D eigenvalue weighted by Gasteiger charge is 2.51. The molecule has 2 aliphatic heterocycles. The minimum atomic E-state index is -0.574. The summed E-state index contributed by atoms with van der Waals surface area (Å²) in [4.78, 5) is 0. The molecule has 3 aliphatic rings. The third-order valence-corrected chi connectivity index (χ3v) is 4.59. The van der Waals surface area contributed by atoms with Crippen molar-refractivity contribution in [2.45, 2.75) is 38.3 Å². The van der Waals surface area contributed by atoms with Crippen molar-refractivity contribution in [3.8, 4) is 0 Å². The summed E-state index contributed by atoms with van der Waals surface area (Å²) in [6.07, 6.45) is 2.80. The molecule has 2 saturated heterocycles. The molecule has 4 heteroatoms. The Labute approximate surface area is 101 Å². The summed E-state index contributed by atoms with van der Waals surface area (Å²) in [5.41, 5.74) is 1.40. The van der Waals surface area contributed by atoms with Crippen LogP contribution in [0.15, 0.2) is 11.6 Å². The van der Waals surface area contributed by atoms with Gasteiger partial charge in [-0.25, -0.2) is 0 Å². The number of allylic oxidation sites excluding steroid dienone is 2. The van der Waals surface area contributed by atoms with Crippen LogP contribution in [-0.2, 0) is 9.47 Å². The first-order chi connectivity index (χ1) is 8.22. The number of hydrogen-bond acceptors (Lipinski definition) is 4. The van der Waals surface area contributed by atoms with Crippen LogP contribution in [0.5, 0.6) is 0 Å². The van der Waals surface area contributed by atoms with Crippen LogP contribution >= 0.6 is 0 Å². The molecule has 2 N–H and O–H groups in total. The average molecular weight is 240 g/mol. The zero-order valence-corrected chi connectivity index (χ0v) is 10.1. The first-order valence-corrected chi connectivity index (χ1v) is 6.45. The fourth-order valence-electron chi connectivity index (χ4n) is 3.64. The van der Waals surface area contributed by atoms with Crippen molar-refractivity contribution in [1.29, 1.82) is 0 Å². The van der Waals surface area contributed by atoms with Crippen molar-refractivity contribution in [3.05, 3.63) is 11.6 Å². The Morgan fingerprint density at radius 3 is 3.06 bits per heavy atom. The minimum Gasteiger partial charge on any atom is -0.394 e. The molecule has 0 aromatic carbocycles. The lowest BCUT2D eigenvalue weighted by Gasteiger charge is -2.51. The fourth-order valence-corrected chi connectivity index (χ4v) is 3.64. The van der Waals surface area contributed by atoms with E-state index in [0.717, 1.165) is 12.8 Å². The predicted molar refractivity (Wildman–Crippen MR) is 61.2 cm³/mol. The van der Waals surface area contributed by atoms with Crippen molar-refractivity contribution in [2.75, 3.05) is 13.2 Å². The Kier molecular flexibility index (Phi) is 2.99. The van der Waals surface area contributed by atoms with Gasteiger partial charge in [0.1, 0.15) is 6.10 Å². The van der Waals surface area contributed by atoms with Crippen LogP contribution in [0.25, 0.3) is 0 Å². The Morgan fingerprint density at radius 2 is 2.29 bits per heavy atom. The topological polar surface area (TPSA) is 58.9 Å². The Bertz CT molecular complexity index is 327. The molecular weight excluding hydrogens is 220 g/mol. The standard InChI is InChI=1S/C13H20O4/c1-7-2-3-9-11-8(7)4-5-16-13(11)17-10(6-14)12(9)15/h2,8-15H,3-6H2,1H3/t8-,9-,10+,11+,12+,13-/m0/s1. The number of aliphatic hydroxyl groups excluding tert-OH is 2. The molecule has 0 unspecified atom stereocenters. The third kappa shape index (κ3) is 1.74. The molecule has 0 aromatic heterocycles. The summed E-state index contributed by atoms with van der Waals surface area (Å²) < 4.78 is 11.4. The molecule has 0 bridgehead atoms. The van der Waals surface area contributed by atoms with Gasteiger partial charge in [-0.2, -0.15) is 0 Å². The lowest BCUT2D eigenvalue weighted by Crippen LogP contribution is -2.58. The Hall–Kier alpha value is -0.420. The van der Waals surface area contributed by atoms with Gasteiger partial charge in [0.15, 0.2) is 6.29 Å². The molecule has 0 saturated carbocycles. The SMILES string of the molecule is CC1=CC[C@@H]2[C@@H](O)[C@@H](CO)O[C@@H]3OCC[C@@H]1[C@@H]32. The van der Waals surface area contributed by atoms with Crippen LogP contribution < -0.4 is 0 Å². The molecule has 2 heterocycles. The Morgan fingerprint density at radius 1 is 1.47 bits per heavy atom. The summed E-state index contributed by atoms with van der Waals surface area (Å²) in [5.74, 6) is 0.897. The Balaban J connectivity index is 1.91. The summed E-state index contributed by atoms with van der Waals surface area (Å²) in [5, 5.41) is 19.5. The van der Waals surface area contributed by atoms with Crippen molar-refractivity contribution >= 4 is 0 Å². The second kappa shape index (κ2) is 4.35. The van der Waals surface area contributed by atoms with Crippen LogP contribution in [0.4, 0.5) is 0 Å². The van der Waals surface area contributed by atoms with Crippen LogP contribution in [0.3, 0.4) is 0 Å². The summed E-state index contributed by atoms with van der Waals surface area (Å²) in [6, 6.07) is 0. The molecule has 17 heavy (non-hydrogen) atoms. The highest BCUT2D eigenvalue weighted by Crippen LogP contribution is 2.47. The fraction of sp³-hybridized carbons (Fsp3) is 0.846. The first kappa shape index (κ1) is 11.7. The van der Waals surface area contributed by atoms with Gasteiger partial charge < -0.3 is 19.7 Å². The number of hydrogen-bond donors (Lipinski definition) is 2. The van der Waals surface area contributed by atoms with Gasteiger partial charge in [-0.1, -0.05) is 11.6 Å². The van der Waals surface area contributed by atoms with E-state index < -0.39 is 12.2 Å². The molecule has 4 nitrogen and oxygen atoms in total. The van der Waals surface area contributed by atoms with E-state index >= 15 is 0 Å². The van der Waals surface area contributed by atoms with Gasteiger partial charge in [0.2, 0.25) is 0 Å². The largest absolute Gasteiger partial charge is 0.394 e. The van der Waals surface area contributed by atoms with E-state index in [2.05, 4.69) is 13.0 Å². The summed E-state index contributed by atoms with van der Waals surface area (Å²) in [7, 11) is 0. The lowest BCUT2D eigenvalue weighted by atomic mass is 9.66. The first-order valence-electron chi connectivity index (χ1n) is 6.45. The van der Waals surface area contributed by atoms with Crippen molar-refractivity contribution in [1.82, 2.24) is 0 Å². The van der Waals surface area contributed by atoms with Crippen molar-refractivity contribution < 1.29 is 19.7 Å². The van der Waals surface area contributed by atoms with Crippen LogP contribution in [0.2, 0.25) is 0 Å². The zero-order valence-electron chi connectivity index (χ0n) is 10.1. The van der Waals surface area contributed by atoms with Gasteiger partial charge >= 0.3 is 0 Å². The monoisotopic (exact) mass is 240 g/mol. The van der Waals surface area contributed by atoms with E-state index in [-0.39, 0.29) is 24.7 Å². The van der Waals surface area contributed by atoms with E-state index in [9.17, 15) is 10.2 Å². The number of ether oxygens (including phenoxy) is 2. The maximum atomic E-state index is 10.2. The second-order valence-electron chi connectivity index (χ2n) is 5.41. The van der Waals surface area contributed by atoms with Crippen LogP contribution in [-0.4, -0.2) is 41.9 Å². The summed E-state index contributed by atoms with van der Waals surface area (Å²) in [6.45, 7) is 2.73. The molecule has 2 fully saturated rings. The van der Waals surface area contributed by atoms with Gasteiger partial charge in [-0.15, -0.1) is 0 Å². The predicted octanol–water partition coefficient (Wildman–Crippen LogP) is 0.683. The molecule has 3 rings (SSSR count). The van der Waals surface area contributed by atoms with Gasteiger partial charge in [-0.05, 0) is 31.6 Å². The molecule has 0 spiro atoms. The van der Waals surface area contributed by atoms with E-state index in [1.165, 1.54) is 5.57 Å². The summed E-state index contributed by atoms with van der Waals surface area (Å²) >= 11 is 0. The van der Waals surface area contributed by atoms with E-state index in [1.807, 2.05) is 0 Å². The molecule has 0 amide bonds. The highest BCUT2D eigenvalue weighted by atomic mass is 16.7.